The van der Waals surface area contributed by atoms with Gasteiger partial charge in [0, 0.05) is 18.7 Å². The lowest BCUT2D eigenvalue weighted by molar-refractivity contribution is 0.262. The third-order valence-corrected chi connectivity index (χ3v) is 5.21. The van der Waals surface area contributed by atoms with Crippen molar-refractivity contribution in [2.24, 2.45) is 0 Å². The van der Waals surface area contributed by atoms with Crippen LogP contribution in [0, 0.1) is 0 Å². The highest BCUT2D eigenvalue weighted by atomic mass is 32.1. The van der Waals surface area contributed by atoms with E-state index in [1.807, 2.05) is 0 Å². The molecule has 1 saturated heterocycles. The van der Waals surface area contributed by atoms with Gasteiger partial charge in [0.05, 0.1) is 19.9 Å². The maximum atomic E-state index is 12.3. The minimum atomic E-state index is -0.411. The van der Waals surface area contributed by atoms with E-state index in [1.165, 1.54) is 17.8 Å². The van der Waals surface area contributed by atoms with Crippen LogP contribution in [0.3, 0.4) is 0 Å². The fourth-order valence-corrected chi connectivity index (χ4v) is 3.80. The van der Waals surface area contributed by atoms with Gasteiger partial charge in [-0.05, 0) is 38.3 Å². The maximum Gasteiger partial charge on any atom is 0.325 e. The van der Waals surface area contributed by atoms with Gasteiger partial charge in [0.1, 0.15) is 11.5 Å². The summed E-state index contributed by atoms with van der Waals surface area (Å²) in [5.41, 5.74) is 0.513. The Balaban J connectivity index is 1.65. The second-order valence-electron chi connectivity index (χ2n) is 6.07. The number of nitrogens with zero attached hydrogens (tertiary/aromatic N) is 3. The Kier molecular flexibility index (Phi) is 5.77. The van der Waals surface area contributed by atoms with Crippen LogP contribution in [0.1, 0.15) is 26.2 Å². The highest BCUT2D eigenvalue weighted by molar-refractivity contribution is 7.19. The quantitative estimate of drug-likeness (QED) is 0.828. The van der Waals surface area contributed by atoms with Crippen molar-refractivity contribution < 1.29 is 14.3 Å². The maximum absolute atomic E-state index is 12.3. The van der Waals surface area contributed by atoms with Crippen LogP contribution in [0.4, 0.5) is 20.7 Å². The van der Waals surface area contributed by atoms with Crippen LogP contribution in [-0.4, -0.2) is 43.0 Å². The van der Waals surface area contributed by atoms with Crippen LogP contribution in [0.2, 0.25) is 0 Å². The number of hydrogen-bond donors (Lipinski definition) is 2. The summed E-state index contributed by atoms with van der Waals surface area (Å²) in [6.07, 6.45) is 3.55. The van der Waals surface area contributed by atoms with E-state index in [2.05, 4.69) is 32.7 Å². The zero-order valence-corrected chi connectivity index (χ0v) is 15.9. The van der Waals surface area contributed by atoms with Crippen LogP contribution in [0.15, 0.2) is 18.2 Å². The standard InChI is InChI=1S/C17H23N5O3S/c1-11-6-4-5-9-22(11)17-21-20-16(26-17)19-15(23)18-13-10-12(24-2)7-8-14(13)25-3/h7-8,10-11H,4-6,9H2,1-3H3,(H2,18,19,20,23)/t11-/m1/s1. The molecule has 1 aromatic heterocycles. The van der Waals surface area contributed by atoms with Crippen molar-refractivity contribution in [2.75, 3.05) is 36.3 Å². The molecule has 9 heteroatoms. The lowest BCUT2D eigenvalue weighted by Crippen LogP contribution is -2.37. The molecule has 0 radical (unpaired) electrons. The van der Waals surface area contributed by atoms with Gasteiger partial charge in [-0.2, -0.15) is 0 Å². The zero-order valence-electron chi connectivity index (χ0n) is 15.1. The summed E-state index contributed by atoms with van der Waals surface area (Å²) in [4.78, 5) is 14.6. The molecule has 1 aliphatic heterocycles. The summed E-state index contributed by atoms with van der Waals surface area (Å²) in [7, 11) is 3.11. The molecular formula is C17H23N5O3S. The van der Waals surface area contributed by atoms with Crippen molar-refractivity contribution in [1.82, 2.24) is 10.2 Å². The second kappa shape index (κ2) is 8.22. The lowest BCUT2D eigenvalue weighted by atomic mass is 10.1. The van der Waals surface area contributed by atoms with E-state index in [9.17, 15) is 4.79 Å². The van der Waals surface area contributed by atoms with Crippen LogP contribution in [0.5, 0.6) is 11.5 Å². The number of hydrogen-bond acceptors (Lipinski definition) is 7. The smallest absolute Gasteiger partial charge is 0.325 e. The van der Waals surface area contributed by atoms with Gasteiger partial charge in [-0.15, -0.1) is 10.2 Å². The predicted molar refractivity (Wildman–Crippen MR) is 103 cm³/mol. The van der Waals surface area contributed by atoms with Gasteiger partial charge in [-0.25, -0.2) is 4.79 Å². The number of carbonyl (C=O) groups is 1. The molecule has 3 rings (SSSR count). The Hall–Kier alpha value is -2.55. The van der Waals surface area contributed by atoms with E-state index in [0.29, 0.717) is 28.4 Å². The van der Waals surface area contributed by atoms with Gasteiger partial charge in [-0.1, -0.05) is 11.3 Å². The van der Waals surface area contributed by atoms with Gasteiger partial charge < -0.3 is 19.7 Å². The topological polar surface area (TPSA) is 88.6 Å². The second-order valence-corrected chi connectivity index (χ2v) is 7.03. The van der Waals surface area contributed by atoms with Gasteiger partial charge >= 0.3 is 6.03 Å². The normalized spacial score (nSPS) is 16.9. The number of carbonyl (C=O) groups excluding carboxylic acids is 1. The van der Waals surface area contributed by atoms with Gasteiger partial charge in [0.15, 0.2) is 0 Å². The van der Waals surface area contributed by atoms with Gasteiger partial charge in [-0.3, -0.25) is 5.32 Å². The average molecular weight is 377 g/mol. The summed E-state index contributed by atoms with van der Waals surface area (Å²) < 4.78 is 10.4. The fraction of sp³-hybridized carbons (Fsp3) is 0.471. The molecule has 1 fully saturated rings. The third-order valence-electron chi connectivity index (χ3n) is 4.34. The Bertz CT molecular complexity index is 767. The molecule has 0 bridgehead atoms. The first kappa shape index (κ1) is 18.2. The number of amides is 2. The molecule has 2 aromatic rings. The number of piperidine rings is 1. The lowest BCUT2D eigenvalue weighted by Gasteiger charge is -2.32. The molecule has 2 heterocycles. The van der Waals surface area contributed by atoms with E-state index in [0.717, 1.165) is 24.5 Å². The fourth-order valence-electron chi connectivity index (χ4n) is 2.93. The van der Waals surface area contributed by atoms with Crippen molar-refractivity contribution in [3.8, 4) is 11.5 Å². The molecule has 1 aromatic carbocycles. The van der Waals surface area contributed by atoms with Crippen molar-refractivity contribution in [1.29, 1.82) is 0 Å². The van der Waals surface area contributed by atoms with Crippen molar-refractivity contribution in [3.05, 3.63) is 18.2 Å². The molecule has 26 heavy (non-hydrogen) atoms. The minimum Gasteiger partial charge on any atom is -0.497 e. The molecule has 140 valence electrons. The molecule has 0 saturated carbocycles. The van der Waals surface area contributed by atoms with Crippen molar-refractivity contribution in [2.45, 2.75) is 32.2 Å². The molecule has 0 aliphatic carbocycles. The Morgan fingerprint density at radius 1 is 1.23 bits per heavy atom. The number of nitrogens with one attached hydrogen (secondary N) is 2. The first-order valence-electron chi connectivity index (χ1n) is 8.51. The molecule has 2 N–H and O–H groups in total. The first-order chi connectivity index (χ1) is 12.6. The van der Waals surface area contributed by atoms with E-state index in [4.69, 9.17) is 9.47 Å². The third kappa shape index (κ3) is 4.16. The molecule has 0 spiro atoms. The summed E-state index contributed by atoms with van der Waals surface area (Å²) in [5.74, 6) is 1.17. The molecule has 1 aliphatic rings. The van der Waals surface area contributed by atoms with E-state index >= 15 is 0 Å². The van der Waals surface area contributed by atoms with Crippen LogP contribution >= 0.6 is 11.3 Å². The number of rotatable bonds is 5. The van der Waals surface area contributed by atoms with Gasteiger partial charge in [0.2, 0.25) is 10.3 Å². The van der Waals surface area contributed by atoms with E-state index < -0.39 is 6.03 Å². The van der Waals surface area contributed by atoms with E-state index in [-0.39, 0.29) is 0 Å². The largest absolute Gasteiger partial charge is 0.497 e. The number of ether oxygens (including phenoxy) is 2. The summed E-state index contributed by atoms with van der Waals surface area (Å²) >= 11 is 1.38. The Morgan fingerprint density at radius 2 is 2.08 bits per heavy atom. The van der Waals surface area contributed by atoms with Crippen LogP contribution < -0.4 is 25.0 Å². The number of methoxy groups -OCH3 is 2. The highest BCUT2D eigenvalue weighted by Crippen LogP contribution is 2.31. The number of anilines is 3. The SMILES string of the molecule is COc1ccc(OC)c(NC(=O)Nc2nnc(N3CCCC[C@H]3C)s2)c1. The molecule has 1 atom stereocenters. The monoisotopic (exact) mass is 377 g/mol. The summed E-state index contributed by atoms with van der Waals surface area (Å²) in [6.45, 7) is 3.17. The molecular weight excluding hydrogens is 354 g/mol. The van der Waals surface area contributed by atoms with Gasteiger partial charge in [0.25, 0.3) is 0 Å². The van der Waals surface area contributed by atoms with E-state index in [1.54, 1.807) is 32.4 Å². The van der Waals surface area contributed by atoms with Crippen LogP contribution in [0.25, 0.3) is 0 Å². The minimum absolute atomic E-state index is 0.411. The molecule has 8 nitrogen and oxygen atoms in total. The highest BCUT2D eigenvalue weighted by Gasteiger charge is 2.22. The Morgan fingerprint density at radius 3 is 2.81 bits per heavy atom. The molecule has 0 unspecified atom stereocenters. The summed E-state index contributed by atoms with van der Waals surface area (Å²) in [6, 6.07) is 5.22. The van der Waals surface area contributed by atoms with Crippen molar-refractivity contribution >= 4 is 33.3 Å². The number of aromatic nitrogens is 2. The number of benzene rings is 1. The average Bonchev–Trinajstić information content (AvgIpc) is 3.10. The molecule has 2 amide bonds. The van der Waals surface area contributed by atoms with Crippen LogP contribution in [-0.2, 0) is 0 Å². The zero-order chi connectivity index (χ0) is 18.5. The predicted octanol–water partition coefficient (Wildman–Crippen LogP) is 3.58. The Labute approximate surface area is 156 Å². The first-order valence-corrected chi connectivity index (χ1v) is 9.32. The number of urea groups is 1. The summed E-state index contributed by atoms with van der Waals surface area (Å²) in [5, 5.41) is 15.1. The van der Waals surface area contributed by atoms with Crippen molar-refractivity contribution in [3.63, 3.8) is 0 Å².